The minimum Gasteiger partial charge on any atom is -0.238 e. The molecular formula is C12H18N2. The smallest absolute Gasteiger partial charge is 0.134 e. The molecule has 0 saturated heterocycles. The van der Waals surface area contributed by atoms with Crippen molar-refractivity contribution >= 4 is 0 Å². The van der Waals surface area contributed by atoms with E-state index in [1.807, 2.05) is 0 Å². The Kier molecular flexibility index (Phi) is 2.09. The highest BCUT2D eigenvalue weighted by atomic mass is 14.9. The Bertz CT molecular complexity index is 346. The van der Waals surface area contributed by atoms with Gasteiger partial charge in [-0.25, -0.2) is 9.97 Å². The van der Waals surface area contributed by atoms with Crippen molar-refractivity contribution in [1.82, 2.24) is 9.97 Å². The summed E-state index contributed by atoms with van der Waals surface area (Å²) >= 11 is 0. The molecule has 1 saturated carbocycles. The molecule has 1 aromatic rings. The summed E-state index contributed by atoms with van der Waals surface area (Å²) < 4.78 is 0. The van der Waals surface area contributed by atoms with Crippen molar-refractivity contribution in [2.75, 3.05) is 0 Å². The van der Waals surface area contributed by atoms with E-state index in [-0.39, 0.29) is 5.41 Å². The van der Waals surface area contributed by atoms with E-state index in [0.29, 0.717) is 0 Å². The molecule has 2 nitrogen and oxygen atoms in total. The first-order valence-corrected chi connectivity index (χ1v) is 5.33. The van der Waals surface area contributed by atoms with Gasteiger partial charge >= 0.3 is 0 Å². The van der Waals surface area contributed by atoms with Crippen LogP contribution < -0.4 is 0 Å². The van der Waals surface area contributed by atoms with Crippen LogP contribution in [-0.4, -0.2) is 9.97 Å². The Morgan fingerprint density at radius 1 is 1.21 bits per heavy atom. The van der Waals surface area contributed by atoms with Gasteiger partial charge in [-0.1, -0.05) is 20.8 Å². The van der Waals surface area contributed by atoms with Crippen molar-refractivity contribution in [3.8, 4) is 0 Å². The quantitative estimate of drug-likeness (QED) is 0.680. The van der Waals surface area contributed by atoms with E-state index < -0.39 is 0 Å². The standard InChI is InChI=1S/C12H18N2/c1-8-7-10(9-5-6-9)14-11(13-8)12(2,3)4/h7,9H,5-6H2,1-4H3. The van der Waals surface area contributed by atoms with Crippen molar-refractivity contribution in [3.63, 3.8) is 0 Å². The third-order valence-electron chi connectivity index (χ3n) is 2.54. The van der Waals surface area contributed by atoms with Gasteiger partial charge in [0.2, 0.25) is 0 Å². The lowest BCUT2D eigenvalue weighted by molar-refractivity contribution is 0.539. The fourth-order valence-electron chi connectivity index (χ4n) is 1.52. The van der Waals surface area contributed by atoms with Crippen molar-refractivity contribution in [1.29, 1.82) is 0 Å². The molecule has 1 fully saturated rings. The zero-order valence-corrected chi connectivity index (χ0v) is 9.46. The van der Waals surface area contributed by atoms with Gasteiger partial charge in [-0.3, -0.25) is 0 Å². The highest BCUT2D eigenvalue weighted by Gasteiger charge is 2.27. The highest BCUT2D eigenvalue weighted by Crippen LogP contribution is 2.39. The first-order valence-electron chi connectivity index (χ1n) is 5.33. The Morgan fingerprint density at radius 3 is 2.36 bits per heavy atom. The summed E-state index contributed by atoms with van der Waals surface area (Å²) in [7, 11) is 0. The molecular weight excluding hydrogens is 172 g/mol. The minimum absolute atomic E-state index is 0.0651. The molecule has 0 atom stereocenters. The summed E-state index contributed by atoms with van der Waals surface area (Å²) in [5, 5.41) is 0. The monoisotopic (exact) mass is 190 g/mol. The normalized spacial score (nSPS) is 17.1. The van der Waals surface area contributed by atoms with Gasteiger partial charge in [0.05, 0.1) is 0 Å². The summed E-state index contributed by atoms with van der Waals surface area (Å²) in [4.78, 5) is 9.16. The van der Waals surface area contributed by atoms with Gasteiger partial charge in [0.15, 0.2) is 0 Å². The van der Waals surface area contributed by atoms with E-state index in [9.17, 15) is 0 Å². The summed E-state index contributed by atoms with van der Waals surface area (Å²) in [5.74, 6) is 1.71. The Morgan fingerprint density at radius 2 is 1.86 bits per heavy atom. The zero-order chi connectivity index (χ0) is 10.3. The number of aromatic nitrogens is 2. The van der Waals surface area contributed by atoms with Gasteiger partial charge in [-0.05, 0) is 25.8 Å². The van der Waals surface area contributed by atoms with Gasteiger partial charge < -0.3 is 0 Å². The maximum absolute atomic E-state index is 4.66. The molecule has 0 bridgehead atoms. The molecule has 2 heteroatoms. The maximum atomic E-state index is 4.66. The molecule has 1 heterocycles. The average Bonchev–Trinajstić information content (AvgIpc) is 2.83. The summed E-state index contributed by atoms with van der Waals surface area (Å²) in [6.07, 6.45) is 2.61. The Balaban J connectivity index is 2.41. The van der Waals surface area contributed by atoms with Crippen LogP contribution in [0.15, 0.2) is 6.07 Å². The van der Waals surface area contributed by atoms with Gasteiger partial charge in [0.1, 0.15) is 5.82 Å². The zero-order valence-electron chi connectivity index (χ0n) is 9.46. The summed E-state index contributed by atoms with van der Waals surface area (Å²) in [6.45, 7) is 8.55. The van der Waals surface area contributed by atoms with Crippen LogP contribution in [0.4, 0.5) is 0 Å². The average molecular weight is 190 g/mol. The summed E-state index contributed by atoms with van der Waals surface area (Å²) in [5.41, 5.74) is 2.42. The van der Waals surface area contributed by atoms with Crippen LogP contribution in [0.1, 0.15) is 56.7 Å². The number of hydrogen-bond acceptors (Lipinski definition) is 2. The topological polar surface area (TPSA) is 25.8 Å². The first-order chi connectivity index (χ1) is 6.47. The molecule has 1 aliphatic rings. The second kappa shape index (κ2) is 3.04. The van der Waals surface area contributed by atoms with Crippen LogP contribution in [0.3, 0.4) is 0 Å². The molecule has 14 heavy (non-hydrogen) atoms. The number of aryl methyl sites for hydroxylation is 1. The van der Waals surface area contributed by atoms with E-state index in [0.717, 1.165) is 17.4 Å². The molecule has 1 aromatic heterocycles. The van der Waals surface area contributed by atoms with Gasteiger partial charge in [-0.2, -0.15) is 0 Å². The molecule has 0 unspecified atom stereocenters. The van der Waals surface area contributed by atoms with Crippen LogP contribution in [0, 0.1) is 6.92 Å². The van der Waals surface area contributed by atoms with Crippen molar-refractivity contribution in [3.05, 3.63) is 23.3 Å². The second-order valence-corrected chi connectivity index (χ2v) is 5.28. The predicted molar refractivity (Wildman–Crippen MR) is 57.4 cm³/mol. The molecule has 76 valence electrons. The van der Waals surface area contributed by atoms with E-state index in [2.05, 4.69) is 43.7 Å². The van der Waals surface area contributed by atoms with Gasteiger partial charge in [0.25, 0.3) is 0 Å². The third-order valence-corrected chi connectivity index (χ3v) is 2.54. The molecule has 0 aromatic carbocycles. The predicted octanol–water partition coefficient (Wildman–Crippen LogP) is 2.96. The van der Waals surface area contributed by atoms with E-state index in [1.54, 1.807) is 0 Å². The molecule has 0 spiro atoms. The first kappa shape index (κ1) is 9.63. The highest BCUT2D eigenvalue weighted by molar-refractivity contribution is 5.20. The fourth-order valence-corrected chi connectivity index (χ4v) is 1.52. The minimum atomic E-state index is 0.0651. The maximum Gasteiger partial charge on any atom is 0.134 e. The van der Waals surface area contributed by atoms with Crippen LogP contribution in [0.5, 0.6) is 0 Å². The van der Waals surface area contributed by atoms with Crippen molar-refractivity contribution in [2.45, 2.75) is 51.9 Å². The largest absolute Gasteiger partial charge is 0.238 e. The van der Waals surface area contributed by atoms with Crippen molar-refractivity contribution in [2.24, 2.45) is 0 Å². The van der Waals surface area contributed by atoms with Crippen LogP contribution in [-0.2, 0) is 5.41 Å². The Labute approximate surface area is 85.8 Å². The molecule has 2 rings (SSSR count). The molecule has 1 aliphatic carbocycles. The lowest BCUT2D eigenvalue weighted by Gasteiger charge is -2.17. The van der Waals surface area contributed by atoms with Crippen LogP contribution >= 0.6 is 0 Å². The number of hydrogen-bond donors (Lipinski definition) is 0. The lowest BCUT2D eigenvalue weighted by Crippen LogP contribution is -2.17. The summed E-state index contributed by atoms with van der Waals surface area (Å²) in [6, 6.07) is 2.13. The lowest BCUT2D eigenvalue weighted by atomic mass is 9.95. The molecule has 0 N–H and O–H groups in total. The van der Waals surface area contributed by atoms with Gasteiger partial charge in [0, 0.05) is 22.7 Å². The van der Waals surface area contributed by atoms with Crippen LogP contribution in [0.2, 0.25) is 0 Å². The van der Waals surface area contributed by atoms with E-state index in [1.165, 1.54) is 18.5 Å². The van der Waals surface area contributed by atoms with Gasteiger partial charge in [-0.15, -0.1) is 0 Å². The van der Waals surface area contributed by atoms with Crippen molar-refractivity contribution < 1.29 is 0 Å². The fraction of sp³-hybridized carbons (Fsp3) is 0.667. The molecule has 0 amide bonds. The second-order valence-electron chi connectivity index (χ2n) is 5.28. The number of nitrogens with zero attached hydrogens (tertiary/aromatic N) is 2. The number of rotatable bonds is 1. The van der Waals surface area contributed by atoms with Crippen LogP contribution in [0.25, 0.3) is 0 Å². The van der Waals surface area contributed by atoms with E-state index >= 15 is 0 Å². The SMILES string of the molecule is Cc1cc(C2CC2)nc(C(C)(C)C)n1. The Hall–Kier alpha value is -0.920. The molecule has 0 aliphatic heterocycles. The van der Waals surface area contributed by atoms with E-state index in [4.69, 9.17) is 0 Å². The molecule has 0 radical (unpaired) electrons. The third kappa shape index (κ3) is 1.94.